The van der Waals surface area contributed by atoms with Crippen molar-refractivity contribution in [2.45, 2.75) is 27.0 Å². The number of anilines is 1. The molecule has 0 aliphatic heterocycles. The Hall–Kier alpha value is -1.39. The lowest BCUT2D eigenvalue weighted by Crippen LogP contribution is -2.20. The molecule has 1 aromatic carbocycles. The van der Waals surface area contributed by atoms with Crippen molar-refractivity contribution >= 4 is 21.7 Å². The third-order valence-corrected chi connectivity index (χ3v) is 3.83. The van der Waals surface area contributed by atoms with E-state index < -0.39 is 0 Å². The minimum atomic E-state index is 0.0130. The van der Waals surface area contributed by atoms with E-state index in [2.05, 4.69) is 37.9 Å². The van der Waals surface area contributed by atoms with Gasteiger partial charge in [0.1, 0.15) is 5.82 Å². The third-order valence-electron chi connectivity index (χ3n) is 3.31. The Balaban J connectivity index is 2.28. The molecule has 106 valence electrons. The van der Waals surface area contributed by atoms with Crippen LogP contribution in [0.1, 0.15) is 22.4 Å². The maximum atomic E-state index is 9.57. The van der Waals surface area contributed by atoms with Crippen molar-refractivity contribution in [3.05, 3.63) is 57.2 Å². The second-order valence-corrected chi connectivity index (χ2v) is 5.94. The molecule has 0 aliphatic carbocycles. The molecule has 1 N–H and O–H groups in total. The molecule has 2 aromatic rings. The summed E-state index contributed by atoms with van der Waals surface area (Å²) in [6, 6.07) is 10.2. The zero-order valence-corrected chi connectivity index (χ0v) is 13.6. The molecule has 0 radical (unpaired) electrons. The molecule has 0 amide bonds. The first-order valence-electron chi connectivity index (χ1n) is 6.55. The largest absolute Gasteiger partial charge is 0.392 e. The maximum absolute atomic E-state index is 9.57. The number of hydrogen-bond donors (Lipinski definition) is 1. The molecule has 0 fully saturated rings. The van der Waals surface area contributed by atoms with Gasteiger partial charge < -0.3 is 10.0 Å². The topological polar surface area (TPSA) is 36.4 Å². The minimum Gasteiger partial charge on any atom is -0.392 e. The van der Waals surface area contributed by atoms with Gasteiger partial charge in [-0.3, -0.25) is 0 Å². The summed E-state index contributed by atoms with van der Waals surface area (Å²) in [5.41, 5.74) is 4.16. The zero-order chi connectivity index (χ0) is 14.7. The highest BCUT2D eigenvalue weighted by Gasteiger charge is 2.12. The van der Waals surface area contributed by atoms with Crippen LogP contribution in [-0.2, 0) is 13.2 Å². The van der Waals surface area contributed by atoms with Crippen molar-refractivity contribution in [1.82, 2.24) is 4.98 Å². The van der Waals surface area contributed by atoms with Crippen LogP contribution >= 0.6 is 15.9 Å². The summed E-state index contributed by atoms with van der Waals surface area (Å²) in [6.45, 7) is 4.76. The van der Waals surface area contributed by atoms with Gasteiger partial charge in [0.05, 0.1) is 6.61 Å². The summed E-state index contributed by atoms with van der Waals surface area (Å²) in [5, 5.41) is 9.57. The number of aliphatic hydroxyl groups excluding tert-OH is 1. The van der Waals surface area contributed by atoms with E-state index in [1.165, 1.54) is 5.56 Å². The van der Waals surface area contributed by atoms with Crippen LogP contribution in [0.4, 0.5) is 5.82 Å². The molecule has 0 spiro atoms. The summed E-state index contributed by atoms with van der Waals surface area (Å²) in [5.74, 6) is 0.855. The number of rotatable bonds is 4. The third kappa shape index (κ3) is 3.38. The van der Waals surface area contributed by atoms with Gasteiger partial charge >= 0.3 is 0 Å². The zero-order valence-electron chi connectivity index (χ0n) is 12.0. The van der Waals surface area contributed by atoms with Gasteiger partial charge in [0.2, 0.25) is 0 Å². The number of hydrogen-bond acceptors (Lipinski definition) is 3. The highest BCUT2D eigenvalue weighted by molar-refractivity contribution is 9.10. The average molecular weight is 335 g/mol. The van der Waals surface area contributed by atoms with Crippen LogP contribution in [0.25, 0.3) is 0 Å². The monoisotopic (exact) mass is 334 g/mol. The number of aryl methyl sites for hydroxylation is 2. The molecule has 0 unspecified atom stereocenters. The fourth-order valence-corrected chi connectivity index (χ4v) is 2.56. The average Bonchev–Trinajstić information content (AvgIpc) is 2.40. The second-order valence-electron chi connectivity index (χ2n) is 5.02. The van der Waals surface area contributed by atoms with Gasteiger partial charge in [-0.25, -0.2) is 4.98 Å². The Bertz CT molecular complexity index is 596. The maximum Gasteiger partial charge on any atom is 0.134 e. The Labute approximate surface area is 128 Å². The number of benzene rings is 1. The van der Waals surface area contributed by atoms with E-state index in [4.69, 9.17) is 0 Å². The van der Waals surface area contributed by atoms with Gasteiger partial charge in [-0.15, -0.1) is 0 Å². The van der Waals surface area contributed by atoms with E-state index in [1.54, 1.807) is 0 Å². The quantitative estimate of drug-likeness (QED) is 0.928. The number of pyridine rings is 1. The highest BCUT2D eigenvalue weighted by atomic mass is 79.9. The lowest BCUT2D eigenvalue weighted by molar-refractivity contribution is 0.281. The molecule has 1 heterocycles. The van der Waals surface area contributed by atoms with Crippen LogP contribution in [0, 0.1) is 13.8 Å². The smallest absolute Gasteiger partial charge is 0.134 e. The summed E-state index contributed by atoms with van der Waals surface area (Å²) in [7, 11) is 2.00. The predicted molar refractivity (Wildman–Crippen MR) is 85.9 cm³/mol. The molecule has 0 saturated carbocycles. The molecular formula is C16H19BrN2O. The molecule has 20 heavy (non-hydrogen) atoms. The van der Waals surface area contributed by atoms with E-state index in [-0.39, 0.29) is 6.61 Å². The van der Waals surface area contributed by atoms with Crippen molar-refractivity contribution in [3.8, 4) is 0 Å². The standard InChI is InChI=1S/C16H19BrN2O/c1-11-8-12(2)18-16(15(11)10-20)19(3)9-13-4-6-14(17)7-5-13/h4-8,20H,9-10H2,1-3H3. The Morgan fingerprint density at radius 2 is 1.85 bits per heavy atom. The number of aliphatic hydroxyl groups is 1. The lowest BCUT2D eigenvalue weighted by atomic mass is 10.1. The molecule has 2 rings (SSSR count). The summed E-state index contributed by atoms with van der Waals surface area (Å²) >= 11 is 3.44. The first-order valence-corrected chi connectivity index (χ1v) is 7.34. The van der Waals surface area contributed by atoms with Crippen molar-refractivity contribution in [3.63, 3.8) is 0 Å². The van der Waals surface area contributed by atoms with E-state index in [0.29, 0.717) is 0 Å². The summed E-state index contributed by atoms with van der Waals surface area (Å²) in [4.78, 5) is 6.65. The van der Waals surface area contributed by atoms with Crippen LogP contribution in [0.2, 0.25) is 0 Å². The van der Waals surface area contributed by atoms with Crippen LogP contribution in [-0.4, -0.2) is 17.1 Å². The number of halogens is 1. The van der Waals surface area contributed by atoms with Gasteiger partial charge in [-0.1, -0.05) is 28.1 Å². The molecule has 3 nitrogen and oxygen atoms in total. The summed E-state index contributed by atoms with van der Waals surface area (Å²) in [6.07, 6.45) is 0. The Kier molecular flexibility index (Phi) is 4.78. The molecular weight excluding hydrogens is 316 g/mol. The molecule has 0 aliphatic rings. The number of nitrogens with zero attached hydrogens (tertiary/aromatic N) is 2. The molecule has 1 aromatic heterocycles. The first-order chi connectivity index (χ1) is 9.51. The van der Waals surface area contributed by atoms with E-state index in [0.717, 1.165) is 33.7 Å². The number of aromatic nitrogens is 1. The van der Waals surface area contributed by atoms with Crippen LogP contribution in [0.3, 0.4) is 0 Å². The first kappa shape index (κ1) is 15.0. The lowest BCUT2D eigenvalue weighted by Gasteiger charge is -2.22. The molecule has 0 atom stereocenters. The van der Waals surface area contributed by atoms with Crippen LogP contribution < -0.4 is 4.90 Å². The van der Waals surface area contributed by atoms with Gasteiger partial charge in [-0.05, 0) is 43.2 Å². The summed E-state index contributed by atoms with van der Waals surface area (Å²) < 4.78 is 1.07. The van der Waals surface area contributed by atoms with Crippen LogP contribution in [0.15, 0.2) is 34.8 Å². The van der Waals surface area contributed by atoms with Crippen molar-refractivity contribution in [1.29, 1.82) is 0 Å². The van der Waals surface area contributed by atoms with Crippen molar-refractivity contribution in [2.24, 2.45) is 0 Å². The van der Waals surface area contributed by atoms with E-state index in [9.17, 15) is 5.11 Å². The fraction of sp³-hybridized carbons (Fsp3) is 0.312. The minimum absolute atomic E-state index is 0.0130. The van der Waals surface area contributed by atoms with Gasteiger partial charge in [-0.2, -0.15) is 0 Å². The fourth-order valence-electron chi connectivity index (χ4n) is 2.29. The van der Waals surface area contributed by atoms with Gasteiger partial charge in [0, 0.05) is 29.3 Å². The van der Waals surface area contributed by atoms with Crippen LogP contribution in [0.5, 0.6) is 0 Å². The van der Waals surface area contributed by atoms with E-state index in [1.807, 2.05) is 39.1 Å². The molecule has 4 heteroatoms. The normalized spacial score (nSPS) is 10.7. The highest BCUT2D eigenvalue weighted by Crippen LogP contribution is 2.23. The van der Waals surface area contributed by atoms with Gasteiger partial charge in [0.25, 0.3) is 0 Å². The molecule has 0 bridgehead atoms. The van der Waals surface area contributed by atoms with Crippen molar-refractivity contribution in [2.75, 3.05) is 11.9 Å². The Morgan fingerprint density at radius 1 is 1.20 bits per heavy atom. The van der Waals surface area contributed by atoms with Gasteiger partial charge in [0.15, 0.2) is 0 Å². The second kappa shape index (κ2) is 6.37. The molecule has 0 saturated heterocycles. The predicted octanol–water partition coefficient (Wildman–Crippen LogP) is 3.59. The van der Waals surface area contributed by atoms with Crippen molar-refractivity contribution < 1.29 is 5.11 Å². The Morgan fingerprint density at radius 3 is 2.45 bits per heavy atom. The SMILES string of the molecule is Cc1cc(C)c(CO)c(N(C)Cc2ccc(Br)cc2)n1. The van der Waals surface area contributed by atoms with E-state index >= 15 is 0 Å².